The molecule has 1 rings (SSSR count). The number of aliphatic hydroxyl groups is 2. The molecule has 12 heavy (non-hydrogen) atoms. The Kier molecular flexibility index (Phi) is 3.53. The second-order valence-corrected chi connectivity index (χ2v) is 4.34. The molecule has 1 aliphatic rings. The molecular formula is C10H20O2. The molecule has 3 atom stereocenters. The average molecular weight is 172 g/mol. The predicted molar refractivity (Wildman–Crippen MR) is 48.8 cm³/mol. The molecule has 2 N–H and O–H groups in total. The summed E-state index contributed by atoms with van der Waals surface area (Å²) in [5, 5.41) is 18.7. The first kappa shape index (κ1) is 10.0. The van der Waals surface area contributed by atoms with Gasteiger partial charge in [-0.05, 0) is 37.0 Å². The van der Waals surface area contributed by atoms with Gasteiger partial charge in [-0.2, -0.15) is 0 Å². The van der Waals surface area contributed by atoms with E-state index >= 15 is 0 Å². The van der Waals surface area contributed by atoms with E-state index in [2.05, 4.69) is 13.8 Å². The molecule has 72 valence electrons. The molecule has 1 aliphatic carbocycles. The summed E-state index contributed by atoms with van der Waals surface area (Å²) in [5.41, 5.74) is 0. The zero-order chi connectivity index (χ0) is 9.14. The van der Waals surface area contributed by atoms with Crippen molar-refractivity contribution in [2.75, 3.05) is 6.61 Å². The van der Waals surface area contributed by atoms with Crippen molar-refractivity contribution in [3.05, 3.63) is 0 Å². The van der Waals surface area contributed by atoms with Crippen LogP contribution in [0.25, 0.3) is 0 Å². The molecular weight excluding hydrogens is 152 g/mol. The minimum absolute atomic E-state index is 0.184. The molecule has 0 amide bonds. The highest BCUT2D eigenvalue weighted by atomic mass is 16.3. The normalized spacial score (nSPS) is 37.2. The highest BCUT2D eigenvalue weighted by molar-refractivity contribution is 4.80. The highest BCUT2D eigenvalue weighted by Crippen LogP contribution is 2.33. The van der Waals surface area contributed by atoms with Crippen molar-refractivity contribution in [1.82, 2.24) is 0 Å². The third kappa shape index (κ3) is 2.20. The molecule has 0 heterocycles. The van der Waals surface area contributed by atoms with E-state index in [0.29, 0.717) is 17.8 Å². The first-order chi connectivity index (χ1) is 5.65. The summed E-state index contributed by atoms with van der Waals surface area (Å²) in [4.78, 5) is 0. The smallest absolute Gasteiger partial charge is 0.0574 e. The van der Waals surface area contributed by atoms with Crippen LogP contribution in [0.2, 0.25) is 0 Å². The van der Waals surface area contributed by atoms with Crippen molar-refractivity contribution in [2.24, 2.45) is 17.8 Å². The van der Waals surface area contributed by atoms with Gasteiger partial charge in [0, 0.05) is 6.61 Å². The van der Waals surface area contributed by atoms with Gasteiger partial charge >= 0.3 is 0 Å². The Hall–Kier alpha value is -0.0800. The van der Waals surface area contributed by atoms with Gasteiger partial charge in [0.1, 0.15) is 0 Å². The standard InChI is InChI=1S/C10H20O2/c1-7(2)9-4-3-8(6-11)5-10(9)12/h7-12H,3-6H2,1-2H3/t8-,9+,10+/m0/s1. The third-order valence-electron chi connectivity index (χ3n) is 3.09. The van der Waals surface area contributed by atoms with E-state index in [-0.39, 0.29) is 12.7 Å². The van der Waals surface area contributed by atoms with Crippen LogP contribution in [-0.4, -0.2) is 22.9 Å². The van der Waals surface area contributed by atoms with Gasteiger partial charge in [0.05, 0.1) is 6.10 Å². The van der Waals surface area contributed by atoms with Crippen LogP contribution in [0, 0.1) is 17.8 Å². The van der Waals surface area contributed by atoms with Gasteiger partial charge < -0.3 is 10.2 Å². The van der Waals surface area contributed by atoms with Gasteiger partial charge in [0.25, 0.3) is 0 Å². The quantitative estimate of drug-likeness (QED) is 0.661. The zero-order valence-electron chi connectivity index (χ0n) is 8.03. The lowest BCUT2D eigenvalue weighted by molar-refractivity contribution is 0.00928. The van der Waals surface area contributed by atoms with Crippen LogP contribution < -0.4 is 0 Å². The van der Waals surface area contributed by atoms with Crippen LogP contribution in [0.15, 0.2) is 0 Å². The van der Waals surface area contributed by atoms with Crippen molar-refractivity contribution in [2.45, 2.75) is 39.2 Å². The van der Waals surface area contributed by atoms with Crippen molar-refractivity contribution >= 4 is 0 Å². The average Bonchev–Trinajstić information content (AvgIpc) is 2.03. The Labute approximate surface area is 74.6 Å². The van der Waals surface area contributed by atoms with Crippen LogP contribution in [-0.2, 0) is 0 Å². The fraction of sp³-hybridized carbons (Fsp3) is 1.00. The number of rotatable bonds is 2. The van der Waals surface area contributed by atoms with Gasteiger partial charge in [-0.1, -0.05) is 13.8 Å². The zero-order valence-corrected chi connectivity index (χ0v) is 8.03. The maximum atomic E-state index is 9.73. The molecule has 0 radical (unpaired) electrons. The maximum Gasteiger partial charge on any atom is 0.0574 e. The van der Waals surface area contributed by atoms with Gasteiger partial charge in [-0.25, -0.2) is 0 Å². The van der Waals surface area contributed by atoms with Crippen LogP contribution in [0.5, 0.6) is 0 Å². The third-order valence-corrected chi connectivity index (χ3v) is 3.09. The molecule has 0 unspecified atom stereocenters. The van der Waals surface area contributed by atoms with Gasteiger partial charge in [0.15, 0.2) is 0 Å². The molecule has 2 nitrogen and oxygen atoms in total. The van der Waals surface area contributed by atoms with E-state index in [1.165, 1.54) is 0 Å². The minimum Gasteiger partial charge on any atom is -0.396 e. The van der Waals surface area contributed by atoms with E-state index in [1.54, 1.807) is 0 Å². The summed E-state index contributed by atoms with van der Waals surface area (Å²) >= 11 is 0. The van der Waals surface area contributed by atoms with Crippen LogP contribution in [0.3, 0.4) is 0 Å². The molecule has 1 saturated carbocycles. The molecule has 0 aromatic rings. The van der Waals surface area contributed by atoms with Gasteiger partial charge in [-0.15, -0.1) is 0 Å². The topological polar surface area (TPSA) is 40.5 Å². The van der Waals surface area contributed by atoms with Crippen molar-refractivity contribution in [1.29, 1.82) is 0 Å². The maximum absolute atomic E-state index is 9.73. The largest absolute Gasteiger partial charge is 0.396 e. The Balaban J connectivity index is 2.42. The van der Waals surface area contributed by atoms with Crippen molar-refractivity contribution in [3.63, 3.8) is 0 Å². The minimum atomic E-state index is -0.184. The highest BCUT2D eigenvalue weighted by Gasteiger charge is 2.30. The Morgan fingerprint density at radius 1 is 1.33 bits per heavy atom. The summed E-state index contributed by atoms with van der Waals surface area (Å²) in [6, 6.07) is 0. The van der Waals surface area contributed by atoms with Crippen molar-refractivity contribution < 1.29 is 10.2 Å². The Bertz CT molecular complexity index is 134. The predicted octanol–water partition coefficient (Wildman–Crippen LogP) is 1.41. The van der Waals surface area contributed by atoms with Gasteiger partial charge in [0.2, 0.25) is 0 Å². The van der Waals surface area contributed by atoms with Crippen molar-refractivity contribution in [3.8, 4) is 0 Å². The first-order valence-corrected chi connectivity index (χ1v) is 4.94. The van der Waals surface area contributed by atoms with E-state index in [4.69, 9.17) is 5.11 Å². The number of hydrogen-bond acceptors (Lipinski definition) is 2. The molecule has 0 aromatic carbocycles. The number of aliphatic hydroxyl groups excluding tert-OH is 2. The first-order valence-electron chi connectivity index (χ1n) is 4.94. The van der Waals surface area contributed by atoms with E-state index in [9.17, 15) is 5.11 Å². The summed E-state index contributed by atoms with van der Waals surface area (Å²) < 4.78 is 0. The van der Waals surface area contributed by atoms with E-state index in [0.717, 1.165) is 19.3 Å². The molecule has 2 heteroatoms. The molecule has 0 aromatic heterocycles. The fourth-order valence-corrected chi connectivity index (χ4v) is 2.20. The molecule has 0 spiro atoms. The van der Waals surface area contributed by atoms with E-state index < -0.39 is 0 Å². The van der Waals surface area contributed by atoms with E-state index in [1.807, 2.05) is 0 Å². The summed E-state index contributed by atoms with van der Waals surface area (Å²) in [6.07, 6.45) is 2.76. The molecule has 1 fully saturated rings. The lowest BCUT2D eigenvalue weighted by Gasteiger charge is -2.34. The van der Waals surface area contributed by atoms with Crippen LogP contribution in [0.1, 0.15) is 33.1 Å². The Morgan fingerprint density at radius 3 is 2.42 bits per heavy atom. The summed E-state index contributed by atoms with van der Waals surface area (Å²) in [6.45, 7) is 4.56. The molecule has 0 bridgehead atoms. The SMILES string of the molecule is CC(C)[C@H]1CC[C@H](CO)C[C@H]1O. The lowest BCUT2D eigenvalue weighted by Crippen LogP contribution is -2.33. The second-order valence-electron chi connectivity index (χ2n) is 4.34. The van der Waals surface area contributed by atoms with Gasteiger partial charge in [-0.3, -0.25) is 0 Å². The molecule has 0 saturated heterocycles. The second kappa shape index (κ2) is 4.24. The summed E-state index contributed by atoms with van der Waals surface area (Å²) in [7, 11) is 0. The Morgan fingerprint density at radius 2 is 2.00 bits per heavy atom. The van der Waals surface area contributed by atoms with Crippen LogP contribution in [0.4, 0.5) is 0 Å². The van der Waals surface area contributed by atoms with Crippen LogP contribution >= 0.6 is 0 Å². The fourth-order valence-electron chi connectivity index (χ4n) is 2.20. The molecule has 0 aliphatic heterocycles. The lowest BCUT2D eigenvalue weighted by atomic mass is 9.75. The monoisotopic (exact) mass is 172 g/mol. The summed E-state index contributed by atoms with van der Waals surface area (Å²) in [5.74, 6) is 1.36. The number of hydrogen-bond donors (Lipinski definition) is 2.